The Morgan fingerprint density at radius 1 is 1.42 bits per heavy atom. The Balaban J connectivity index is 0.000000336. The summed E-state index contributed by atoms with van der Waals surface area (Å²) in [4.78, 5) is 4.44. The summed E-state index contributed by atoms with van der Waals surface area (Å²) in [5.74, 6) is 1.08. The number of rotatable bonds is 0. The Morgan fingerprint density at radius 2 is 2.17 bits per heavy atom. The molecule has 2 aliphatic rings. The Kier molecular flexibility index (Phi) is 3.53. The first-order valence-corrected chi connectivity index (χ1v) is 4.94. The van der Waals surface area contributed by atoms with Crippen LogP contribution in [0.25, 0.3) is 0 Å². The number of amidine groups is 1. The van der Waals surface area contributed by atoms with Crippen LogP contribution >= 0.6 is 0 Å². The highest BCUT2D eigenvalue weighted by molar-refractivity contribution is 5.80. The van der Waals surface area contributed by atoms with Crippen LogP contribution in [0.15, 0.2) is 4.99 Å². The number of hydrogen-bond acceptors (Lipinski definition) is 3. The summed E-state index contributed by atoms with van der Waals surface area (Å²) < 4.78 is 0. The van der Waals surface area contributed by atoms with Gasteiger partial charge in [0.2, 0.25) is 0 Å². The van der Waals surface area contributed by atoms with Crippen LogP contribution in [0.1, 0.15) is 40.0 Å². The van der Waals surface area contributed by atoms with Gasteiger partial charge in [-0.15, -0.1) is 0 Å². The van der Waals surface area contributed by atoms with Crippen LogP contribution in [0.5, 0.6) is 0 Å². The molecule has 70 valence electrons. The van der Waals surface area contributed by atoms with Crippen molar-refractivity contribution < 1.29 is 0 Å². The van der Waals surface area contributed by atoms with Crippen molar-refractivity contribution in [1.29, 1.82) is 0 Å². The molecule has 1 N–H and O–H groups in total. The van der Waals surface area contributed by atoms with E-state index in [1.165, 1.54) is 19.3 Å². The van der Waals surface area contributed by atoms with E-state index in [0.717, 1.165) is 12.4 Å². The van der Waals surface area contributed by atoms with Gasteiger partial charge in [0.25, 0.3) is 0 Å². The summed E-state index contributed by atoms with van der Waals surface area (Å²) in [6.07, 6.45) is 4.32. The Bertz CT molecular complexity index is 165. The number of fused-ring (bicyclic) bond motifs is 1. The molecule has 1 fully saturated rings. The maximum atomic E-state index is 4.44. The molecule has 0 aromatic heterocycles. The second-order valence-electron chi connectivity index (χ2n) is 3.00. The minimum Gasteiger partial charge on any atom is -0.305 e. The predicted molar refractivity (Wildman–Crippen MR) is 51.9 cm³/mol. The fourth-order valence-electron chi connectivity index (χ4n) is 1.64. The summed E-state index contributed by atoms with van der Waals surface area (Å²) in [6.45, 7) is 7.18. The molecular weight excluding hydrogens is 150 g/mol. The van der Waals surface area contributed by atoms with Gasteiger partial charge in [0.15, 0.2) is 0 Å². The van der Waals surface area contributed by atoms with Gasteiger partial charge in [0.1, 0.15) is 12.0 Å². The first kappa shape index (κ1) is 9.52. The minimum atomic E-state index is 0.453. The normalized spacial score (nSPS) is 27.9. The van der Waals surface area contributed by atoms with Gasteiger partial charge < -0.3 is 5.43 Å². The highest BCUT2D eigenvalue weighted by atomic mass is 15.6. The van der Waals surface area contributed by atoms with Crippen molar-refractivity contribution in [2.75, 3.05) is 6.54 Å². The molecule has 3 heteroatoms. The molecule has 0 amide bonds. The van der Waals surface area contributed by atoms with E-state index in [1.54, 1.807) is 0 Å². The van der Waals surface area contributed by atoms with E-state index < -0.39 is 0 Å². The topological polar surface area (TPSA) is 27.6 Å². The van der Waals surface area contributed by atoms with Crippen LogP contribution in [0.3, 0.4) is 0 Å². The molecular formula is C9H19N3. The van der Waals surface area contributed by atoms with Crippen LogP contribution in [-0.4, -0.2) is 23.6 Å². The molecule has 1 atom stereocenters. The Morgan fingerprint density at radius 3 is 2.83 bits per heavy atom. The number of hydrogen-bond donors (Lipinski definition) is 1. The number of nitrogens with one attached hydrogen (secondary N) is 1. The summed E-state index contributed by atoms with van der Waals surface area (Å²) in [5, 5.41) is 2.23. The summed E-state index contributed by atoms with van der Waals surface area (Å²) in [5.41, 5.74) is 3.24. The number of aliphatic imine (C=N–C) groups is 1. The molecule has 2 rings (SSSR count). The lowest BCUT2D eigenvalue weighted by molar-refractivity contribution is 0.144. The van der Waals surface area contributed by atoms with Crippen molar-refractivity contribution in [1.82, 2.24) is 10.4 Å². The van der Waals surface area contributed by atoms with Crippen molar-refractivity contribution in [3.63, 3.8) is 0 Å². The van der Waals surface area contributed by atoms with Crippen LogP contribution in [0, 0.1) is 0 Å². The molecule has 0 aromatic carbocycles. The van der Waals surface area contributed by atoms with Gasteiger partial charge in [0, 0.05) is 6.54 Å². The third-order valence-electron chi connectivity index (χ3n) is 2.12. The molecule has 2 aliphatic heterocycles. The highest BCUT2D eigenvalue weighted by Crippen LogP contribution is 2.18. The van der Waals surface area contributed by atoms with Crippen LogP contribution in [0.2, 0.25) is 0 Å². The van der Waals surface area contributed by atoms with Crippen molar-refractivity contribution in [3.05, 3.63) is 0 Å². The molecule has 12 heavy (non-hydrogen) atoms. The minimum absolute atomic E-state index is 0.453. The van der Waals surface area contributed by atoms with Crippen LogP contribution in [-0.2, 0) is 0 Å². The van der Waals surface area contributed by atoms with E-state index in [-0.39, 0.29) is 0 Å². The summed E-state index contributed by atoms with van der Waals surface area (Å²) in [7, 11) is 0. The lowest BCUT2D eigenvalue weighted by Gasteiger charge is -2.27. The first-order chi connectivity index (χ1) is 5.86. The van der Waals surface area contributed by atoms with Crippen molar-refractivity contribution >= 4 is 5.84 Å². The molecule has 0 aliphatic carbocycles. The average molecular weight is 169 g/mol. The molecule has 1 saturated heterocycles. The van der Waals surface area contributed by atoms with Crippen molar-refractivity contribution in [3.8, 4) is 0 Å². The SMILES string of the molecule is CC.CC1=NC2CCCCN2N1. The standard InChI is InChI=1S/C7H13N3.C2H6/c1-6-8-7-4-2-3-5-10(7)9-6;1-2/h7H,2-5H2,1H3,(H,8,9);1-2H3. The summed E-state index contributed by atoms with van der Waals surface area (Å²) in [6, 6.07) is 0. The molecule has 2 heterocycles. The maximum Gasteiger partial charge on any atom is 0.121 e. The van der Waals surface area contributed by atoms with E-state index in [2.05, 4.69) is 15.4 Å². The zero-order valence-electron chi connectivity index (χ0n) is 8.30. The van der Waals surface area contributed by atoms with E-state index in [4.69, 9.17) is 0 Å². The van der Waals surface area contributed by atoms with E-state index in [1.807, 2.05) is 20.8 Å². The number of nitrogens with zero attached hydrogens (tertiary/aromatic N) is 2. The largest absolute Gasteiger partial charge is 0.305 e. The third-order valence-corrected chi connectivity index (χ3v) is 2.12. The van der Waals surface area contributed by atoms with Gasteiger partial charge in [-0.2, -0.15) is 5.01 Å². The molecule has 1 unspecified atom stereocenters. The smallest absolute Gasteiger partial charge is 0.121 e. The van der Waals surface area contributed by atoms with Gasteiger partial charge in [-0.25, -0.2) is 0 Å². The lowest BCUT2D eigenvalue weighted by Crippen LogP contribution is -2.43. The molecule has 0 saturated carbocycles. The number of piperidine rings is 1. The van der Waals surface area contributed by atoms with E-state index in [0.29, 0.717) is 6.17 Å². The second kappa shape index (κ2) is 4.45. The first-order valence-electron chi connectivity index (χ1n) is 4.94. The van der Waals surface area contributed by atoms with Gasteiger partial charge in [-0.3, -0.25) is 4.99 Å². The molecule has 3 nitrogen and oxygen atoms in total. The quantitative estimate of drug-likeness (QED) is 0.598. The highest BCUT2D eigenvalue weighted by Gasteiger charge is 2.25. The Labute approximate surface area is 74.8 Å². The molecule has 0 bridgehead atoms. The number of hydrazine groups is 1. The zero-order valence-corrected chi connectivity index (χ0v) is 8.30. The monoisotopic (exact) mass is 169 g/mol. The van der Waals surface area contributed by atoms with Gasteiger partial charge >= 0.3 is 0 Å². The average Bonchev–Trinajstić information content (AvgIpc) is 2.48. The van der Waals surface area contributed by atoms with Crippen LogP contribution < -0.4 is 5.43 Å². The van der Waals surface area contributed by atoms with E-state index >= 15 is 0 Å². The molecule has 0 aromatic rings. The lowest BCUT2D eigenvalue weighted by atomic mass is 10.1. The Hall–Kier alpha value is -0.570. The van der Waals surface area contributed by atoms with E-state index in [9.17, 15) is 0 Å². The fourth-order valence-corrected chi connectivity index (χ4v) is 1.64. The van der Waals surface area contributed by atoms with Crippen molar-refractivity contribution in [2.24, 2.45) is 4.99 Å². The zero-order chi connectivity index (χ0) is 8.97. The second-order valence-corrected chi connectivity index (χ2v) is 3.00. The van der Waals surface area contributed by atoms with Gasteiger partial charge in [-0.05, 0) is 26.2 Å². The van der Waals surface area contributed by atoms with Gasteiger partial charge in [-0.1, -0.05) is 13.8 Å². The third kappa shape index (κ3) is 1.97. The van der Waals surface area contributed by atoms with Gasteiger partial charge in [0.05, 0.1) is 0 Å². The summed E-state index contributed by atoms with van der Waals surface area (Å²) >= 11 is 0. The maximum absolute atomic E-state index is 4.44. The molecule has 0 radical (unpaired) electrons. The van der Waals surface area contributed by atoms with Crippen molar-refractivity contribution in [2.45, 2.75) is 46.2 Å². The predicted octanol–water partition coefficient (Wildman–Crippen LogP) is 1.76. The fraction of sp³-hybridized carbons (Fsp3) is 0.889. The molecule has 0 spiro atoms. The van der Waals surface area contributed by atoms with Crippen LogP contribution in [0.4, 0.5) is 0 Å².